The molecule has 3 rings (SSSR count). The molecule has 0 unspecified atom stereocenters. The van der Waals surface area contributed by atoms with E-state index >= 15 is 0 Å². The third-order valence-electron chi connectivity index (χ3n) is 5.61. The topological polar surface area (TPSA) is 87.2 Å². The first kappa shape index (κ1) is 22.7. The Balaban J connectivity index is 1.45. The molecule has 7 heteroatoms. The quantitative estimate of drug-likeness (QED) is 0.713. The average Bonchev–Trinajstić information content (AvgIpc) is 2.77. The lowest BCUT2D eigenvalue weighted by Crippen LogP contribution is -2.39. The number of amides is 2. The van der Waals surface area contributed by atoms with Gasteiger partial charge >= 0.3 is 0 Å². The Kier molecular flexibility index (Phi) is 7.60. The largest absolute Gasteiger partial charge is 0.357 e. The van der Waals surface area contributed by atoms with E-state index in [0.717, 1.165) is 37.3 Å². The van der Waals surface area contributed by atoms with Crippen LogP contribution in [-0.4, -0.2) is 47.5 Å². The average molecular weight is 424 g/mol. The van der Waals surface area contributed by atoms with Crippen LogP contribution in [0.2, 0.25) is 0 Å². The molecule has 2 amide bonds. The fourth-order valence-electron chi connectivity index (χ4n) is 3.63. The van der Waals surface area contributed by atoms with E-state index in [1.54, 1.807) is 18.5 Å². The van der Waals surface area contributed by atoms with Crippen LogP contribution in [-0.2, 0) is 0 Å². The standard InChI is InChI=1S/C24H33N5O2/c1-16(2)19-5-7-21(25-14-19)24(31)27-13-18-9-11-29(12-10-18)22-8-6-20(15-26-22)23(30)28-17(3)4/h5-8,14-18H,9-13H2,1-4H3,(H,27,31)(H,28,30). The van der Waals surface area contributed by atoms with Gasteiger partial charge in [0.05, 0.1) is 5.56 Å². The Morgan fingerprint density at radius 1 is 1.00 bits per heavy atom. The highest BCUT2D eigenvalue weighted by Gasteiger charge is 2.21. The van der Waals surface area contributed by atoms with Gasteiger partial charge in [-0.3, -0.25) is 14.6 Å². The van der Waals surface area contributed by atoms with Gasteiger partial charge in [-0.15, -0.1) is 0 Å². The molecular weight excluding hydrogens is 390 g/mol. The zero-order valence-electron chi connectivity index (χ0n) is 18.9. The molecule has 1 saturated heterocycles. The summed E-state index contributed by atoms with van der Waals surface area (Å²) in [6.45, 7) is 10.5. The minimum atomic E-state index is -0.116. The number of nitrogens with one attached hydrogen (secondary N) is 2. The molecule has 1 aliphatic heterocycles. The molecule has 2 N–H and O–H groups in total. The van der Waals surface area contributed by atoms with Crippen molar-refractivity contribution < 1.29 is 9.59 Å². The van der Waals surface area contributed by atoms with Gasteiger partial charge in [-0.1, -0.05) is 19.9 Å². The number of carbonyl (C=O) groups excluding carboxylic acids is 2. The van der Waals surface area contributed by atoms with E-state index in [-0.39, 0.29) is 17.9 Å². The lowest BCUT2D eigenvalue weighted by molar-refractivity contribution is 0.0932. The summed E-state index contributed by atoms with van der Waals surface area (Å²) in [5.74, 6) is 1.51. The number of aromatic nitrogens is 2. The number of carbonyl (C=O) groups is 2. The van der Waals surface area contributed by atoms with Crippen LogP contribution < -0.4 is 15.5 Å². The van der Waals surface area contributed by atoms with Gasteiger partial charge < -0.3 is 15.5 Å². The van der Waals surface area contributed by atoms with Gasteiger partial charge in [-0.2, -0.15) is 0 Å². The van der Waals surface area contributed by atoms with E-state index in [1.165, 1.54) is 0 Å². The maximum Gasteiger partial charge on any atom is 0.269 e. The summed E-state index contributed by atoms with van der Waals surface area (Å²) in [6, 6.07) is 7.59. The van der Waals surface area contributed by atoms with Gasteiger partial charge in [0.1, 0.15) is 11.5 Å². The van der Waals surface area contributed by atoms with Crippen molar-refractivity contribution >= 4 is 17.6 Å². The molecule has 7 nitrogen and oxygen atoms in total. The highest BCUT2D eigenvalue weighted by Crippen LogP contribution is 2.22. The number of hydrogen-bond acceptors (Lipinski definition) is 5. The molecule has 2 aromatic heterocycles. The number of nitrogens with zero attached hydrogens (tertiary/aromatic N) is 3. The Labute approximate surface area is 184 Å². The van der Waals surface area contributed by atoms with Crippen LogP contribution in [0.4, 0.5) is 5.82 Å². The molecule has 0 aliphatic carbocycles. The summed E-state index contributed by atoms with van der Waals surface area (Å²) in [7, 11) is 0. The second kappa shape index (κ2) is 10.4. The van der Waals surface area contributed by atoms with Gasteiger partial charge in [0.25, 0.3) is 11.8 Å². The summed E-state index contributed by atoms with van der Waals surface area (Å²) >= 11 is 0. The SMILES string of the molecule is CC(C)NC(=O)c1ccc(N2CCC(CNC(=O)c3ccc(C(C)C)cn3)CC2)nc1. The maximum atomic E-state index is 12.4. The predicted molar refractivity (Wildman–Crippen MR) is 122 cm³/mol. The van der Waals surface area contributed by atoms with E-state index in [9.17, 15) is 9.59 Å². The lowest BCUT2D eigenvalue weighted by Gasteiger charge is -2.32. The van der Waals surface area contributed by atoms with Crippen molar-refractivity contribution in [1.82, 2.24) is 20.6 Å². The van der Waals surface area contributed by atoms with Crippen LogP contribution in [0.15, 0.2) is 36.7 Å². The molecule has 166 valence electrons. The third-order valence-corrected chi connectivity index (χ3v) is 5.61. The highest BCUT2D eigenvalue weighted by atomic mass is 16.2. The van der Waals surface area contributed by atoms with Crippen molar-refractivity contribution in [3.8, 4) is 0 Å². The molecule has 0 spiro atoms. The van der Waals surface area contributed by atoms with Crippen molar-refractivity contribution in [2.75, 3.05) is 24.5 Å². The first-order valence-corrected chi connectivity index (χ1v) is 11.1. The monoisotopic (exact) mass is 423 g/mol. The van der Waals surface area contributed by atoms with Crippen molar-refractivity contribution in [2.45, 2.75) is 52.5 Å². The number of rotatable bonds is 7. The van der Waals surface area contributed by atoms with Gasteiger partial charge in [-0.25, -0.2) is 4.98 Å². The van der Waals surface area contributed by atoms with Crippen LogP contribution in [0.1, 0.15) is 72.9 Å². The van der Waals surface area contributed by atoms with E-state index in [4.69, 9.17) is 0 Å². The Hall–Kier alpha value is -2.96. The smallest absolute Gasteiger partial charge is 0.269 e. The molecule has 2 aromatic rings. The first-order chi connectivity index (χ1) is 14.8. The minimum Gasteiger partial charge on any atom is -0.357 e. The Morgan fingerprint density at radius 2 is 1.74 bits per heavy atom. The van der Waals surface area contributed by atoms with E-state index in [2.05, 4.69) is 39.3 Å². The van der Waals surface area contributed by atoms with Crippen LogP contribution in [0.25, 0.3) is 0 Å². The maximum absolute atomic E-state index is 12.4. The third kappa shape index (κ3) is 6.26. The highest BCUT2D eigenvalue weighted by molar-refractivity contribution is 5.94. The van der Waals surface area contributed by atoms with Crippen molar-refractivity contribution in [3.05, 3.63) is 53.5 Å². The van der Waals surface area contributed by atoms with Crippen LogP contribution in [0.3, 0.4) is 0 Å². The summed E-state index contributed by atoms with van der Waals surface area (Å²) in [4.78, 5) is 35.4. The van der Waals surface area contributed by atoms with E-state index in [0.29, 0.717) is 29.6 Å². The van der Waals surface area contributed by atoms with Gasteiger partial charge in [0.15, 0.2) is 0 Å². The molecule has 0 aromatic carbocycles. The second-order valence-electron chi connectivity index (χ2n) is 8.81. The zero-order chi connectivity index (χ0) is 22.4. The van der Waals surface area contributed by atoms with Crippen molar-refractivity contribution in [3.63, 3.8) is 0 Å². The van der Waals surface area contributed by atoms with Crippen molar-refractivity contribution in [1.29, 1.82) is 0 Å². The number of anilines is 1. The minimum absolute atomic E-state index is 0.0990. The Morgan fingerprint density at radius 3 is 2.29 bits per heavy atom. The van der Waals surface area contributed by atoms with E-state index in [1.807, 2.05) is 32.0 Å². The lowest BCUT2D eigenvalue weighted by atomic mass is 9.96. The fourth-order valence-corrected chi connectivity index (χ4v) is 3.63. The summed E-state index contributed by atoms with van der Waals surface area (Å²) in [5, 5.41) is 5.90. The normalized spacial score (nSPS) is 14.7. The number of piperidine rings is 1. The molecule has 0 saturated carbocycles. The van der Waals surface area contributed by atoms with E-state index < -0.39 is 0 Å². The fraction of sp³-hybridized carbons (Fsp3) is 0.500. The first-order valence-electron chi connectivity index (χ1n) is 11.1. The van der Waals surface area contributed by atoms with Crippen molar-refractivity contribution in [2.24, 2.45) is 5.92 Å². The summed E-state index contributed by atoms with van der Waals surface area (Å²) in [6.07, 6.45) is 5.38. The molecule has 1 aliphatic rings. The molecular formula is C24H33N5O2. The molecule has 0 atom stereocenters. The molecule has 3 heterocycles. The molecule has 0 radical (unpaired) electrons. The van der Waals surface area contributed by atoms with Crippen LogP contribution in [0, 0.1) is 5.92 Å². The molecule has 31 heavy (non-hydrogen) atoms. The van der Waals surface area contributed by atoms with Crippen LogP contribution >= 0.6 is 0 Å². The summed E-state index contributed by atoms with van der Waals surface area (Å²) in [5.41, 5.74) is 2.17. The Bertz CT molecular complexity index is 870. The van der Waals surface area contributed by atoms with Crippen LogP contribution in [0.5, 0.6) is 0 Å². The zero-order valence-corrected chi connectivity index (χ0v) is 18.9. The van der Waals surface area contributed by atoms with Gasteiger partial charge in [-0.05, 0) is 62.3 Å². The van der Waals surface area contributed by atoms with Gasteiger partial charge in [0, 0.05) is 38.1 Å². The summed E-state index contributed by atoms with van der Waals surface area (Å²) < 4.78 is 0. The number of pyridine rings is 2. The second-order valence-corrected chi connectivity index (χ2v) is 8.81. The van der Waals surface area contributed by atoms with Gasteiger partial charge in [0.2, 0.25) is 0 Å². The molecule has 0 bridgehead atoms. The molecule has 1 fully saturated rings. The predicted octanol–water partition coefficient (Wildman–Crippen LogP) is 3.38. The number of hydrogen-bond donors (Lipinski definition) is 2.